The maximum atomic E-state index is 12.6. The number of carbonyl (C=O) groups is 2. The van der Waals surface area contributed by atoms with Crippen molar-refractivity contribution in [3.63, 3.8) is 0 Å². The Labute approximate surface area is 199 Å². The van der Waals surface area contributed by atoms with Crippen LogP contribution in [0.3, 0.4) is 0 Å². The number of amides is 2. The molecule has 2 aromatic heterocycles. The van der Waals surface area contributed by atoms with Gasteiger partial charge < -0.3 is 15.8 Å². The molecule has 0 bridgehead atoms. The average molecular weight is 465 g/mol. The molecule has 2 amide bonds. The third kappa shape index (κ3) is 5.43. The van der Waals surface area contributed by atoms with Gasteiger partial charge in [-0.05, 0) is 43.9 Å². The first-order valence-electron chi connectivity index (χ1n) is 11.6. The molecular weight excluding hydrogens is 432 g/mol. The van der Waals surface area contributed by atoms with Crippen molar-refractivity contribution in [3.05, 3.63) is 64.1 Å². The average Bonchev–Trinajstić information content (AvgIpc) is 3.22. The minimum atomic E-state index is -0.558. The van der Waals surface area contributed by atoms with Gasteiger partial charge in [0.1, 0.15) is 5.56 Å². The van der Waals surface area contributed by atoms with E-state index in [9.17, 15) is 9.59 Å². The fraction of sp³-hybridized carbons (Fsp3) is 0.440. The van der Waals surface area contributed by atoms with Crippen LogP contribution in [0.25, 0.3) is 5.65 Å². The van der Waals surface area contributed by atoms with Gasteiger partial charge in [0.05, 0.1) is 18.9 Å². The number of primary amides is 1. The SMILES string of the molecule is Cc1nc2c(C(N)=O)cnn2c(C)c1CCC(=O)NCc1cccc(CN2CCOC(C)C2)c1. The zero-order chi connectivity index (χ0) is 24.2. The predicted molar refractivity (Wildman–Crippen MR) is 128 cm³/mol. The summed E-state index contributed by atoms with van der Waals surface area (Å²) in [7, 11) is 0. The lowest BCUT2D eigenvalue weighted by atomic mass is 10.1. The van der Waals surface area contributed by atoms with Crippen LogP contribution in [-0.4, -0.2) is 57.1 Å². The quantitative estimate of drug-likeness (QED) is 0.526. The smallest absolute Gasteiger partial charge is 0.254 e. The molecule has 1 aliphatic heterocycles. The number of rotatable bonds is 8. The molecule has 1 atom stereocenters. The van der Waals surface area contributed by atoms with Gasteiger partial charge >= 0.3 is 0 Å². The maximum Gasteiger partial charge on any atom is 0.254 e. The number of aryl methyl sites for hydroxylation is 2. The van der Waals surface area contributed by atoms with Crippen molar-refractivity contribution in [1.82, 2.24) is 24.8 Å². The molecule has 1 fully saturated rings. The summed E-state index contributed by atoms with van der Waals surface area (Å²) in [4.78, 5) is 31.1. The maximum absolute atomic E-state index is 12.6. The fourth-order valence-electron chi connectivity index (χ4n) is 4.50. The first kappa shape index (κ1) is 23.8. The number of morpholine rings is 1. The molecule has 1 aromatic carbocycles. The van der Waals surface area contributed by atoms with Crippen LogP contribution in [0.5, 0.6) is 0 Å². The highest BCUT2D eigenvalue weighted by atomic mass is 16.5. The summed E-state index contributed by atoms with van der Waals surface area (Å²) in [6.45, 7) is 9.90. The van der Waals surface area contributed by atoms with E-state index in [0.29, 0.717) is 30.6 Å². The van der Waals surface area contributed by atoms with Gasteiger partial charge in [0.2, 0.25) is 5.91 Å². The van der Waals surface area contributed by atoms with Gasteiger partial charge in [-0.15, -0.1) is 0 Å². The summed E-state index contributed by atoms with van der Waals surface area (Å²) < 4.78 is 7.23. The summed E-state index contributed by atoms with van der Waals surface area (Å²) >= 11 is 0. The first-order chi connectivity index (χ1) is 16.3. The Hall–Kier alpha value is -3.30. The van der Waals surface area contributed by atoms with Crippen LogP contribution >= 0.6 is 0 Å². The molecule has 0 aliphatic carbocycles. The Bertz CT molecular complexity index is 1200. The molecule has 3 heterocycles. The topological polar surface area (TPSA) is 115 Å². The molecule has 34 heavy (non-hydrogen) atoms. The monoisotopic (exact) mass is 464 g/mol. The lowest BCUT2D eigenvalue weighted by Gasteiger charge is -2.31. The van der Waals surface area contributed by atoms with E-state index in [4.69, 9.17) is 10.5 Å². The summed E-state index contributed by atoms with van der Waals surface area (Å²) in [5.74, 6) is -0.582. The molecule has 180 valence electrons. The molecule has 9 heteroatoms. The Morgan fingerprint density at radius 3 is 2.82 bits per heavy atom. The van der Waals surface area contributed by atoms with Gasteiger partial charge in [-0.2, -0.15) is 5.10 Å². The van der Waals surface area contributed by atoms with Gasteiger partial charge in [0, 0.05) is 44.0 Å². The Morgan fingerprint density at radius 1 is 1.26 bits per heavy atom. The highest BCUT2D eigenvalue weighted by Gasteiger charge is 2.18. The zero-order valence-electron chi connectivity index (χ0n) is 20.0. The van der Waals surface area contributed by atoms with Gasteiger partial charge in [0.15, 0.2) is 5.65 Å². The highest BCUT2D eigenvalue weighted by Crippen LogP contribution is 2.18. The number of fused-ring (bicyclic) bond motifs is 1. The molecule has 1 unspecified atom stereocenters. The standard InChI is InChI=1S/C25H32N6O3/c1-16-14-30(9-10-34-16)15-20-6-4-5-19(11-20)12-27-23(32)8-7-21-17(2)29-25-22(24(26)33)13-28-31(25)18(21)3/h4-6,11,13,16H,7-10,12,14-15H2,1-3H3,(H2,26,33)(H,27,32). The number of hydrogen-bond acceptors (Lipinski definition) is 6. The third-order valence-electron chi connectivity index (χ3n) is 6.29. The molecule has 3 N–H and O–H groups in total. The van der Waals surface area contributed by atoms with Crippen LogP contribution in [0.15, 0.2) is 30.5 Å². The van der Waals surface area contributed by atoms with Crippen molar-refractivity contribution < 1.29 is 14.3 Å². The van der Waals surface area contributed by atoms with Crippen LogP contribution in [0, 0.1) is 13.8 Å². The van der Waals surface area contributed by atoms with E-state index in [2.05, 4.69) is 39.4 Å². The highest BCUT2D eigenvalue weighted by molar-refractivity contribution is 5.98. The molecular formula is C25H32N6O3. The van der Waals surface area contributed by atoms with E-state index < -0.39 is 5.91 Å². The number of ether oxygens (including phenoxy) is 1. The Balaban J connectivity index is 1.33. The molecule has 0 saturated carbocycles. The Kier molecular flexibility index (Phi) is 7.23. The van der Waals surface area contributed by atoms with Crippen LogP contribution in [0.4, 0.5) is 0 Å². The second-order valence-corrected chi connectivity index (χ2v) is 8.93. The van der Waals surface area contributed by atoms with Crippen LogP contribution < -0.4 is 11.1 Å². The number of nitrogens with one attached hydrogen (secondary N) is 1. The van der Waals surface area contributed by atoms with E-state index in [-0.39, 0.29) is 12.0 Å². The Morgan fingerprint density at radius 2 is 2.06 bits per heavy atom. The van der Waals surface area contributed by atoms with Crippen molar-refractivity contribution in [3.8, 4) is 0 Å². The third-order valence-corrected chi connectivity index (χ3v) is 6.29. The number of hydrogen-bond donors (Lipinski definition) is 2. The first-order valence-corrected chi connectivity index (χ1v) is 11.6. The van der Waals surface area contributed by atoms with Crippen molar-refractivity contribution in [2.45, 2.75) is 52.8 Å². The fourth-order valence-corrected chi connectivity index (χ4v) is 4.50. The number of aromatic nitrogens is 3. The van der Waals surface area contributed by atoms with Crippen molar-refractivity contribution in [2.75, 3.05) is 19.7 Å². The minimum Gasteiger partial charge on any atom is -0.376 e. The summed E-state index contributed by atoms with van der Waals surface area (Å²) in [5, 5.41) is 7.27. The molecule has 1 aliphatic rings. The number of carbonyl (C=O) groups excluding carboxylic acids is 2. The van der Waals surface area contributed by atoms with Crippen molar-refractivity contribution in [2.24, 2.45) is 5.73 Å². The summed E-state index contributed by atoms with van der Waals surface area (Å²) in [6, 6.07) is 8.35. The number of nitrogens with zero attached hydrogens (tertiary/aromatic N) is 4. The van der Waals surface area contributed by atoms with E-state index in [1.54, 1.807) is 4.52 Å². The van der Waals surface area contributed by atoms with E-state index in [1.807, 2.05) is 26.0 Å². The van der Waals surface area contributed by atoms with Crippen LogP contribution in [0.2, 0.25) is 0 Å². The molecule has 4 rings (SSSR count). The molecule has 9 nitrogen and oxygen atoms in total. The zero-order valence-corrected chi connectivity index (χ0v) is 20.0. The van der Waals surface area contributed by atoms with Crippen LogP contribution in [-0.2, 0) is 29.0 Å². The summed E-state index contributed by atoms with van der Waals surface area (Å²) in [6.07, 6.45) is 2.57. The molecule has 1 saturated heterocycles. The largest absolute Gasteiger partial charge is 0.376 e. The lowest BCUT2D eigenvalue weighted by molar-refractivity contribution is -0.121. The van der Waals surface area contributed by atoms with Gasteiger partial charge in [-0.3, -0.25) is 14.5 Å². The van der Waals surface area contributed by atoms with E-state index in [0.717, 1.165) is 48.8 Å². The second-order valence-electron chi connectivity index (χ2n) is 8.93. The van der Waals surface area contributed by atoms with E-state index >= 15 is 0 Å². The number of benzene rings is 1. The predicted octanol–water partition coefficient (Wildman–Crippen LogP) is 1.91. The second kappa shape index (κ2) is 10.3. The molecule has 0 spiro atoms. The van der Waals surface area contributed by atoms with Crippen molar-refractivity contribution >= 4 is 17.5 Å². The lowest BCUT2D eigenvalue weighted by Crippen LogP contribution is -2.40. The van der Waals surface area contributed by atoms with E-state index in [1.165, 1.54) is 11.8 Å². The van der Waals surface area contributed by atoms with Gasteiger partial charge in [-0.25, -0.2) is 9.50 Å². The molecule has 3 aromatic rings. The van der Waals surface area contributed by atoms with Gasteiger partial charge in [0.25, 0.3) is 5.91 Å². The minimum absolute atomic E-state index is 0.0235. The van der Waals surface area contributed by atoms with Gasteiger partial charge in [-0.1, -0.05) is 24.3 Å². The molecule has 0 radical (unpaired) electrons. The van der Waals surface area contributed by atoms with Crippen molar-refractivity contribution in [1.29, 1.82) is 0 Å². The van der Waals surface area contributed by atoms with Crippen LogP contribution in [0.1, 0.15) is 51.8 Å². The number of nitrogens with two attached hydrogens (primary N) is 1. The normalized spacial score (nSPS) is 16.6. The summed E-state index contributed by atoms with van der Waals surface area (Å²) in [5.41, 5.74) is 11.0.